The van der Waals surface area contributed by atoms with E-state index in [9.17, 15) is 29.4 Å². The number of carbonyl (C=O) groups excluding carboxylic acids is 4. The van der Waals surface area contributed by atoms with Crippen LogP contribution in [0.3, 0.4) is 0 Å². The van der Waals surface area contributed by atoms with Crippen LogP contribution < -0.4 is 10.2 Å². The van der Waals surface area contributed by atoms with Crippen molar-refractivity contribution in [3.8, 4) is 0 Å². The Morgan fingerprint density at radius 2 is 0.698 bits per heavy atom. The molecule has 248 valence electrons. The predicted molar refractivity (Wildman–Crippen MR) is 169 cm³/mol. The van der Waals surface area contributed by atoms with Gasteiger partial charge in [-0.25, -0.2) is 0 Å². The van der Waals surface area contributed by atoms with Crippen LogP contribution in [0, 0.1) is 0 Å². The molecule has 0 rings (SSSR count). The van der Waals surface area contributed by atoms with Gasteiger partial charge in [0.25, 0.3) is 0 Å². The molecule has 0 amide bonds. The maximum Gasteiger partial charge on any atom is 2.00 e. The van der Waals surface area contributed by atoms with Gasteiger partial charge in [0, 0.05) is 0 Å². The van der Waals surface area contributed by atoms with Gasteiger partial charge in [0.15, 0.2) is 0 Å². The molecule has 0 aliphatic carbocycles. The number of hydrogen-bond acceptors (Lipinski definition) is 8. The van der Waals surface area contributed by atoms with Crippen molar-refractivity contribution in [1.29, 1.82) is 0 Å². The Morgan fingerprint density at radius 3 is 0.930 bits per heavy atom. The third-order valence-corrected chi connectivity index (χ3v) is 7.17. The van der Waals surface area contributed by atoms with Gasteiger partial charge in [0.2, 0.25) is 0 Å². The van der Waals surface area contributed by atoms with E-state index in [1.807, 2.05) is 0 Å². The molecule has 8 nitrogen and oxygen atoms in total. The monoisotopic (exact) mass is 622 g/mol. The molecular formula is C34H62MgO8. The second kappa shape index (κ2) is 35.1. The number of hydrogen-bond donors (Lipinski definition) is 0. The van der Waals surface area contributed by atoms with E-state index < -0.39 is 36.7 Å². The van der Waals surface area contributed by atoms with Crippen LogP contribution in [0.4, 0.5) is 0 Å². The summed E-state index contributed by atoms with van der Waals surface area (Å²) in [6.07, 6.45) is 25.4. The maximum absolute atomic E-state index is 11.1. The molecule has 0 fully saturated rings. The molecule has 2 unspecified atom stereocenters. The summed E-state index contributed by atoms with van der Waals surface area (Å²) in [6.45, 7) is 8.08. The first-order valence-electron chi connectivity index (χ1n) is 16.9. The van der Waals surface area contributed by atoms with Gasteiger partial charge in [-0.1, -0.05) is 129 Å². The van der Waals surface area contributed by atoms with E-state index in [1.54, 1.807) is 13.8 Å². The van der Waals surface area contributed by atoms with E-state index >= 15 is 0 Å². The van der Waals surface area contributed by atoms with Crippen molar-refractivity contribution >= 4 is 46.9 Å². The van der Waals surface area contributed by atoms with Crippen molar-refractivity contribution in [2.75, 3.05) is 0 Å². The van der Waals surface area contributed by atoms with Crippen molar-refractivity contribution in [1.82, 2.24) is 0 Å². The van der Waals surface area contributed by atoms with Gasteiger partial charge < -0.3 is 29.3 Å². The number of carbonyl (C=O) groups is 4. The van der Waals surface area contributed by atoms with E-state index in [4.69, 9.17) is 9.47 Å². The van der Waals surface area contributed by atoms with Gasteiger partial charge in [0.05, 0.1) is 37.0 Å². The predicted octanol–water partition coefficient (Wildman–Crippen LogP) is 6.36. The molecule has 0 saturated carbocycles. The minimum atomic E-state index is -1.38. The summed E-state index contributed by atoms with van der Waals surface area (Å²) in [6, 6.07) is 0. The molecule has 0 aliphatic rings. The Bertz CT molecular complexity index is 615. The average Bonchev–Trinajstić information content (AvgIpc) is 2.90. The molecule has 0 aromatic carbocycles. The van der Waals surface area contributed by atoms with E-state index in [0.717, 1.165) is 38.5 Å². The van der Waals surface area contributed by atoms with Crippen molar-refractivity contribution in [2.24, 2.45) is 0 Å². The average molecular weight is 623 g/mol. The molecule has 43 heavy (non-hydrogen) atoms. The maximum atomic E-state index is 11.1. The van der Waals surface area contributed by atoms with Gasteiger partial charge in [-0.3, -0.25) is 9.59 Å². The molecule has 0 aliphatic heterocycles. The summed E-state index contributed by atoms with van der Waals surface area (Å²) in [4.78, 5) is 42.7. The van der Waals surface area contributed by atoms with E-state index in [1.165, 1.54) is 103 Å². The Kier molecular flexibility index (Phi) is 37.6. The Morgan fingerprint density at radius 1 is 0.465 bits per heavy atom. The minimum absolute atomic E-state index is 0. The molecule has 2 atom stereocenters. The SMILES string of the molecule is CCCCCCCCCCCCC(C)OC(=O)CC(=O)[O-].CCCCCCCCCCCCC(C)OC(=O)CC(=O)[O-].[Mg+2]. The smallest absolute Gasteiger partial charge is 0.550 e. The summed E-state index contributed by atoms with van der Waals surface area (Å²) in [5.41, 5.74) is 0. The van der Waals surface area contributed by atoms with Crippen LogP contribution in [0.1, 0.15) is 182 Å². The molecule has 9 heteroatoms. The number of carboxylic acids is 2. The zero-order chi connectivity index (χ0) is 31.8. The molecule has 0 aromatic heterocycles. The molecule has 0 bridgehead atoms. The molecule has 0 spiro atoms. The van der Waals surface area contributed by atoms with Crippen molar-refractivity contribution in [3.05, 3.63) is 0 Å². The Balaban J connectivity index is -0.000000727. The quantitative estimate of drug-likeness (QED) is 0.0426. The Labute approximate surface area is 279 Å². The zero-order valence-electron chi connectivity index (χ0n) is 28.1. The van der Waals surface area contributed by atoms with Crippen molar-refractivity contribution in [3.63, 3.8) is 0 Å². The number of rotatable bonds is 28. The summed E-state index contributed by atoms with van der Waals surface area (Å²) >= 11 is 0. The molecule has 0 radical (unpaired) electrons. The summed E-state index contributed by atoms with van der Waals surface area (Å²) < 4.78 is 9.97. The second-order valence-corrected chi connectivity index (χ2v) is 11.6. The van der Waals surface area contributed by atoms with Crippen LogP contribution in [0.15, 0.2) is 0 Å². The van der Waals surface area contributed by atoms with Gasteiger partial charge in [-0.15, -0.1) is 0 Å². The second-order valence-electron chi connectivity index (χ2n) is 11.6. The minimum Gasteiger partial charge on any atom is -0.550 e. The molecule has 0 aromatic rings. The number of ether oxygens (including phenoxy) is 2. The summed E-state index contributed by atoms with van der Waals surface area (Å²) in [5, 5.41) is 20.4. The van der Waals surface area contributed by atoms with Crippen LogP contribution in [-0.4, -0.2) is 59.1 Å². The van der Waals surface area contributed by atoms with Crippen LogP contribution in [0.25, 0.3) is 0 Å². The fourth-order valence-corrected chi connectivity index (χ4v) is 4.72. The van der Waals surface area contributed by atoms with Crippen LogP contribution in [0.2, 0.25) is 0 Å². The normalized spacial score (nSPS) is 11.8. The van der Waals surface area contributed by atoms with Gasteiger partial charge in [-0.05, 0) is 39.5 Å². The number of esters is 2. The zero-order valence-corrected chi connectivity index (χ0v) is 29.5. The third kappa shape index (κ3) is 40.6. The molecule has 0 heterocycles. The first kappa shape index (κ1) is 46.1. The van der Waals surface area contributed by atoms with Gasteiger partial charge >= 0.3 is 35.0 Å². The third-order valence-electron chi connectivity index (χ3n) is 7.17. The van der Waals surface area contributed by atoms with Gasteiger partial charge in [0.1, 0.15) is 0 Å². The summed E-state index contributed by atoms with van der Waals surface area (Å²) in [7, 11) is 0. The van der Waals surface area contributed by atoms with Crippen molar-refractivity contribution < 1.29 is 38.9 Å². The van der Waals surface area contributed by atoms with E-state index in [-0.39, 0.29) is 35.3 Å². The van der Waals surface area contributed by atoms with E-state index in [0.29, 0.717) is 0 Å². The number of aliphatic carboxylic acids is 2. The molecule has 0 N–H and O–H groups in total. The van der Waals surface area contributed by atoms with E-state index in [2.05, 4.69) is 13.8 Å². The largest absolute Gasteiger partial charge is 2.00 e. The topological polar surface area (TPSA) is 133 Å². The summed E-state index contributed by atoms with van der Waals surface area (Å²) in [5.74, 6) is -4.17. The first-order valence-corrected chi connectivity index (χ1v) is 16.9. The van der Waals surface area contributed by atoms with Crippen molar-refractivity contribution in [2.45, 2.75) is 194 Å². The Hall–Kier alpha value is -1.35. The first-order chi connectivity index (χ1) is 20.1. The number of unbranched alkanes of at least 4 members (excludes halogenated alkanes) is 18. The molecular weight excluding hydrogens is 561 g/mol. The fraction of sp³-hybridized carbons (Fsp3) is 0.882. The molecule has 0 saturated heterocycles. The van der Waals surface area contributed by atoms with Gasteiger partial charge in [-0.2, -0.15) is 0 Å². The van der Waals surface area contributed by atoms with Crippen LogP contribution >= 0.6 is 0 Å². The standard InChI is InChI=1S/2C17H32O4.Mg/c2*1-3-4-5-6-7-8-9-10-11-12-13-15(2)21-17(20)14-16(18)19;/h2*15H,3-14H2,1-2H3,(H,18,19);/q;;+2/p-2. The fourth-order valence-electron chi connectivity index (χ4n) is 4.72. The van der Waals surface area contributed by atoms with Crippen LogP contribution in [0.5, 0.6) is 0 Å². The van der Waals surface area contributed by atoms with Crippen LogP contribution in [-0.2, 0) is 28.7 Å². The number of carboxylic acid groups (broad SMARTS) is 2.